The Morgan fingerprint density at radius 3 is 1.84 bits per heavy atom. The lowest BCUT2D eigenvalue weighted by atomic mass is 10.4. The number of nitrogens with one attached hydrogen (secondary N) is 1. The van der Waals surface area contributed by atoms with Crippen LogP contribution in [0.15, 0.2) is 0 Å². The van der Waals surface area contributed by atoms with Crippen molar-refractivity contribution in [1.29, 1.82) is 0 Å². The second kappa shape index (κ2) is 12.0. The Labute approximate surface area is 119 Å². The lowest BCUT2D eigenvalue weighted by Gasteiger charge is -2.24. The molecular weight excluding hydrogens is 282 g/mol. The minimum absolute atomic E-state index is 0.830. The van der Waals surface area contributed by atoms with Gasteiger partial charge in [-0.05, 0) is 32.0 Å². The van der Waals surface area contributed by atoms with Crippen LogP contribution in [0, 0.1) is 0 Å². The Kier molecular flexibility index (Phi) is 12.1. The van der Waals surface area contributed by atoms with Crippen LogP contribution < -0.4 is 5.32 Å². The molecule has 0 amide bonds. The van der Waals surface area contributed by atoms with Crippen molar-refractivity contribution in [3.63, 3.8) is 0 Å². The molecule has 116 valence electrons. The second-order valence-corrected chi connectivity index (χ2v) is 9.66. The summed E-state index contributed by atoms with van der Waals surface area (Å²) in [6, 6.07) is 1.86. The molecule has 0 fully saturated rings. The summed E-state index contributed by atoms with van der Waals surface area (Å²) in [5.41, 5.74) is 0. The van der Waals surface area contributed by atoms with E-state index in [9.17, 15) is 0 Å². The van der Waals surface area contributed by atoms with Crippen LogP contribution in [0.3, 0.4) is 0 Å². The highest BCUT2D eigenvalue weighted by Crippen LogP contribution is 2.14. The summed E-state index contributed by atoms with van der Waals surface area (Å²) in [6.07, 6.45) is 2.07. The van der Waals surface area contributed by atoms with Crippen molar-refractivity contribution in [3.05, 3.63) is 0 Å². The molecule has 0 aliphatic heterocycles. The normalized spacial score (nSPS) is 12.3. The highest BCUT2D eigenvalue weighted by atomic mass is 28.4. The maximum Gasteiger partial charge on any atom is 0.500 e. The molecule has 0 aliphatic rings. The molecule has 0 aromatic carbocycles. The fourth-order valence-corrected chi connectivity index (χ4v) is 4.76. The molecule has 8 heteroatoms. The van der Waals surface area contributed by atoms with Gasteiger partial charge in [-0.2, -0.15) is 0 Å². The largest absolute Gasteiger partial charge is 0.500 e. The SMILES string of the molecule is CO[SiH](CCCNCCC[Si](OC)(OC)OC)OC. The summed E-state index contributed by atoms with van der Waals surface area (Å²) >= 11 is 0. The van der Waals surface area contributed by atoms with Gasteiger partial charge in [-0.15, -0.1) is 0 Å². The van der Waals surface area contributed by atoms with E-state index in [2.05, 4.69) is 5.32 Å². The van der Waals surface area contributed by atoms with Crippen LogP contribution in [0.5, 0.6) is 0 Å². The summed E-state index contributed by atoms with van der Waals surface area (Å²) in [6.45, 7) is 1.93. The van der Waals surface area contributed by atoms with E-state index < -0.39 is 18.1 Å². The molecule has 0 unspecified atom stereocenters. The van der Waals surface area contributed by atoms with Crippen LogP contribution in [0.2, 0.25) is 12.1 Å². The van der Waals surface area contributed by atoms with Gasteiger partial charge in [0.15, 0.2) is 0 Å². The smallest absolute Gasteiger partial charge is 0.400 e. The summed E-state index contributed by atoms with van der Waals surface area (Å²) in [7, 11) is 4.60. The van der Waals surface area contributed by atoms with Gasteiger partial charge in [0.2, 0.25) is 0 Å². The zero-order valence-corrected chi connectivity index (χ0v) is 15.0. The van der Waals surface area contributed by atoms with Crippen LogP contribution in [0.4, 0.5) is 0 Å². The van der Waals surface area contributed by atoms with Crippen molar-refractivity contribution in [3.8, 4) is 0 Å². The molecule has 0 spiro atoms. The first-order valence-electron chi connectivity index (χ1n) is 6.59. The molecule has 0 atom stereocenters. The van der Waals surface area contributed by atoms with E-state index in [0.29, 0.717) is 0 Å². The third-order valence-corrected chi connectivity index (χ3v) is 7.85. The van der Waals surface area contributed by atoms with Crippen LogP contribution in [0.1, 0.15) is 12.8 Å². The molecule has 19 heavy (non-hydrogen) atoms. The standard InChI is InChI=1S/C11H29NO5Si2/c1-13-18(14-2)10-6-8-12-9-7-11-19(15-3,16-4)17-5/h12,18H,6-11H2,1-5H3. The van der Waals surface area contributed by atoms with Crippen molar-refractivity contribution < 1.29 is 22.1 Å². The Bertz CT molecular complexity index is 195. The molecule has 0 aromatic rings. The zero-order valence-electron chi connectivity index (χ0n) is 12.9. The average Bonchev–Trinajstić information content (AvgIpc) is 2.47. The Hall–Kier alpha value is 0.194. The van der Waals surface area contributed by atoms with Gasteiger partial charge in [0.25, 0.3) is 0 Å². The van der Waals surface area contributed by atoms with E-state index >= 15 is 0 Å². The minimum Gasteiger partial charge on any atom is -0.400 e. The molecule has 0 saturated carbocycles. The molecule has 6 nitrogen and oxygen atoms in total. The first-order chi connectivity index (χ1) is 9.17. The molecule has 0 aromatic heterocycles. The predicted molar refractivity (Wildman–Crippen MR) is 79.7 cm³/mol. The van der Waals surface area contributed by atoms with Gasteiger partial charge >= 0.3 is 18.1 Å². The minimum atomic E-state index is -2.39. The monoisotopic (exact) mass is 311 g/mol. The first kappa shape index (κ1) is 19.2. The topological polar surface area (TPSA) is 58.2 Å². The van der Waals surface area contributed by atoms with Crippen molar-refractivity contribution in [2.24, 2.45) is 0 Å². The maximum absolute atomic E-state index is 5.36. The molecule has 1 N–H and O–H groups in total. The molecule has 0 bridgehead atoms. The van der Waals surface area contributed by atoms with Crippen LogP contribution >= 0.6 is 0 Å². The lowest BCUT2D eigenvalue weighted by molar-refractivity contribution is 0.123. The maximum atomic E-state index is 5.36. The van der Waals surface area contributed by atoms with E-state index in [1.54, 1.807) is 35.5 Å². The van der Waals surface area contributed by atoms with Crippen molar-refractivity contribution in [2.75, 3.05) is 48.6 Å². The number of rotatable bonds is 13. The summed E-state index contributed by atoms with van der Waals surface area (Å²) < 4.78 is 26.6. The van der Waals surface area contributed by atoms with Crippen molar-refractivity contribution in [2.45, 2.75) is 24.9 Å². The molecule has 0 saturated heterocycles. The fraction of sp³-hybridized carbons (Fsp3) is 1.00. The van der Waals surface area contributed by atoms with E-state index in [1.807, 2.05) is 0 Å². The van der Waals surface area contributed by atoms with Gasteiger partial charge in [-0.1, -0.05) is 0 Å². The Balaban J connectivity index is 3.54. The van der Waals surface area contributed by atoms with Crippen molar-refractivity contribution >= 4 is 18.1 Å². The number of hydrogen-bond donors (Lipinski definition) is 1. The van der Waals surface area contributed by atoms with Gasteiger partial charge in [0.1, 0.15) is 0 Å². The van der Waals surface area contributed by atoms with E-state index in [1.165, 1.54) is 0 Å². The van der Waals surface area contributed by atoms with Gasteiger partial charge in [-0.25, -0.2) is 0 Å². The summed E-state index contributed by atoms with van der Waals surface area (Å²) in [4.78, 5) is 0. The van der Waals surface area contributed by atoms with Gasteiger partial charge in [0.05, 0.1) is 0 Å². The highest BCUT2D eigenvalue weighted by molar-refractivity contribution is 6.60. The van der Waals surface area contributed by atoms with Gasteiger partial charge in [-0.3, -0.25) is 0 Å². The second-order valence-electron chi connectivity index (χ2n) is 4.19. The number of hydrogen-bond acceptors (Lipinski definition) is 6. The fourth-order valence-electron chi connectivity index (χ4n) is 1.84. The van der Waals surface area contributed by atoms with E-state index in [-0.39, 0.29) is 0 Å². The third-order valence-electron chi connectivity index (χ3n) is 3.09. The van der Waals surface area contributed by atoms with E-state index in [0.717, 1.165) is 38.0 Å². The van der Waals surface area contributed by atoms with Gasteiger partial charge in [0, 0.05) is 41.6 Å². The van der Waals surface area contributed by atoms with Crippen molar-refractivity contribution in [1.82, 2.24) is 5.32 Å². The average molecular weight is 312 g/mol. The molecular formula is C11H29NO5Si2. The first-order valence-corrected chi connectivity index (χ1v) is 10.3. The molecule has 0 heterocycles. The summed E-state index contributed by atoms with van der Waals surface area (Å²) in [5, 5.41) is 3.40. The Morgan fingerprint density at radius 1 is 0.842 bits per heavy atom. The molecule has 0 aliphatic carbocycles. The summed E-state index contributed by atoms with van der Waals surface area (Å²) in [5.74, 6) is 0. The zero-order chi connectivity index (χ0) is 14.6. The van der Waals surface area contributed by atoms with E-state index in [4.69, 9.17) is 22.1 Å². The molecule has 0 radical (unpaired) electrons. The molecule has 0 rings (SSSR count). The lowest BCUT2D eigenvalue weighted by Crippen LogP contribution is -2.43. The quantitative estimate of drug-likeness (QED) is 0.400. The third kappa shape index (κ3) is 8.15. The van der Waals surface area contributed by atoms with Crippen LogP contribution in [-0.4, -0.2) is 66.7 Å². The highest BCUT2D eigenvalue weighted by Gasteiger charge is 2.36. The predicted octanol–water partition coefficient (Wildman–Crippen LogP) is 0.748. The van der Waals surface area contributed by atoms with Gasteiger partial charge < -0.3 is 27.4 Å². The van der Waals surface area contributed by atoms with Crippen LogP contribution in [-0.2, 0) is 22.1 Å². The Morgan fingerprint density at radius 2 is 1.37 bits per heavy atom. The van der Waals surface area contributed by atoms with Crippen LogP contribution in [0.25, 0.3) is 0 Å².